The van der Waals surface area contributed by atoms with Gasteiger partial charge in [0.1, 0.15) is 5.82 Å². The molecule has 0 atom stereocenters. The molecule has 0 aliphatic rings. The Kier molecular flexibility index (Phi) is 3.65. The number of nitrogen functional groups attached to an aromatic ring is 1. The summed E-state index contributed by atoms with van der Waals surface area (Å²) in [7, 11) is 0. The van der Waals surface area contributed by atoms with Gasteiger partial charge in [-0.2, -0.15) is 0 Å². The number of hydrogen-bond acceptors (Lipinski definition) is 3. The summed E-state index contributed by atoms with van der Waals surface area (Å²) in [5.41, 5.74) is 5.96. The van der Waals surface area contributed by atoms with Crippen molar-refractivity contribution in [2.45, 2.75) is 0 Å². The molecular weight excluding hydrogens is 263 g/mol. The molecule has 5 nitrogen and oxygen atoms in total. The van der Waals surface area contributed by atoms with Gasteiger partial charge in [0.05, 0.1) is 5.56 Å². The quantitative estimate of drug-likeness (QED) is 0.749. The molecule has 20 heavy (non-hydrogen) atoms. The molecule has 0 radical (unpaired) electrons. The first kappa shape index (κ1) is 13.5. The zero-order chi connectivity index (χ0) is 14.7. The SMILES string of the molecule is Nc1cc(C(=O)Nc2cccc(F)c2)ccc1C(=O)O. The first-order valence-corrected chi connectivity index (χ1v) is 5.67. The molecule has 2 aromatic rings. The smallest absolute Gasteiger partial charge is 0.337 e. The number of benzene rings is 2. The number of anilines is 2. The Morgan fingerprint density at radius 1 is 1.15 bits per heavy atom. The number of halogens is 1. The third kappa shape index (κ3) is 2.92. The molecular formula is C14H11FN2O3. The highest BCUT2D eigenvalue weighted by Gasteiger charge is 2.12. The van der Waals surface area contributed by atoms with Gasteiger partial charge in [-0.25, -0.2) is 9.18 Å². The fraction of sp³-hybridized carbons (Fsp3) is 0. The van der Waals surface area contributed by atoms with E-state index in [0.29, 0.717) is 5.69 Å². The predicted molar refractivity (Wildman–Crippen MR) is 72.2 cm³/mol. The first-order chi connectivity index (χ1) is 9.47. The second kappa shape index (κ2) is 5.40. The van der Waals surface area contributed by atoms with E-state index in [4.69, 9.17) is 10.8 Å². The minimum Gasteiger partial charge on any atom is -0.478 e. The number of rotatable bonds is 3. The second-order valence-corrected chi connectivity index (χ2v) is 4.07. The van der Waals surface area contributed by atoms with Crippen molar-refractivity contribution in [2.24, 2.45) is 0 Å². The second-order valence-electron chi connectivity index (χ2n) is 4.07. The van der Waals surface area contributed by atoms with Crippen molar-refractivity contribution in [3.8, 4) is 0 Å². The van der Waals surface area contributed by atoms with E-state index in [1.807, 2.05) is 0 Å². The third-order valence-corrected chi connectivity index (χ3v) is 2.63. The van der Waals surface area contributed by atoms with Gasteiger partial charge < -0.3 is 16.2 Å². The van der Waals surface area contributed by atoms with Crippen LogP contribution in [0.3, 0.4) is 0 Å². The fourth-order valence-corrected chi connectivity index (χ4v) is 1.67. The van der Waals surface area contributed by atoms with E-state index >= 15 is 0 Å². The van der Waals surface area contributed by atoms with E-state index in [9.17, 15) is 14.0 Å². The molecule has 0 aromatic heterocycles. The zero-order valence-corrected chi connectivity index (χ0v) is 10.3. The highest BCUT2D eigenvalue weighted by molar-refractivity contribution is 6.06. The zero-order valence-electron chi connectivity index (χ0n) is 10.3. The Morgan fingerprint density at radius 2 is 1.90 bits per heavy atom. The molecule has 4 N–H and O–H groups in total. The topological polar surface area (TPSA) is 92.4 Å². The molecule has 0 bridgehead atoms. The molecule has 6 heteroatoms. The molecule has 0 saturated heterocycles. The first-order valence-electron chi connectivity index (χ1n) is 5.67. The largest absolute Gasteiger partial charge is 0.478 e. The van der Waals surface area contributed by atoms with Crippen molar-refractivity contribution in [3.05, 3.63) is 59.4 Å². The lowest BCUT2D eigenvalue weighted by molar-refractivity contribution is 0.0697. The minimum atomic E-state index is -1.17. The summed E-state index contributed by atoms with van der Waals surface area (Å²) in [6, 6.07) is 9.29. The van der Waals surface area contributed by atoms with Crippen LogP contribution >= 0.6 is 0 Å². The van der Waals surface area contributed by atoms with E-state index < -0.39 is 17.7 Å². The molecule has 0 aliphatic carbocycles. The molecule has 102 valence electrons. The van der Waals surface area contributed by atoms with E-state index in [2.05, 4.69) is 5.32 Å². The molecule has 0 aliphatic heterocycles. The van der Waals surface area contributed by atoms with Crippen molar-refractivity contribution >= 4 is 23.3 Å². The molecule has 0 fully saturated rings. The summed E-state index contributed by atoms with van der Waals surface area (Å²) in [6.07, 6.45) is 0. The van der Waals surface area contributed by atoms with E-state index in [0.717, 1.165) is 0 Å². The van der Waals surface area contributed by atoms with Gasteiger partial charge in [0.25, 0.3) is 5.91 Å². The van der Waals surface area contributed by atoms with Crippen LogP contribution in [0.1, 0.15) is 20.7 Å². The van der Waals surface area contributed by atoms with Crippen LogP contribution in [0.4, 0.5) is 15.8 Å². The molecule has 2 aromatic carbocycles. The van der Waals surface area contributed by atoms with Gasteiger partial charge in [0.15, 0.2) is 0 Å². The average molecular weight is 274 g/mol. The summed E-state index contributed by atoms with van der Waals surface area (Å²) in [4.78, 5) is 22.7. The summed E-state index contributed by atoms with van der Waals surface area (Å²) in [6.45, 7) is 0. The number of nitrogens with two attached hydrogens (primary N) is 1. The van der Waals surface area contributed by atoms with Crippen LogP contribution in [0, 0.1) is 5.82 Å². The van der Waals surface area contributed by atoms with Gasteiger partial charge in [0.2, 0.25) is 0 Å². The molecule has 0 unspecified atom stereocenters. The Balaban J connectivity index is 2.22. The number of carbonyl (C=O) groups excluding carboxylic acids is 1. The van der Waals surface area contributed by atoms with Crippen molar-refractivity contribution in [1.29, 1.82) is 0 Å². The number of nitrogens with one attached hydrogen (secondary N) is 1. The summed E-state index contributed by atoms with van der Waals surface area (Å²) < 4.78 is 13.0. The lowest BCUT2D eigenvalue weighted by Crippen LogP contribution is -2.13. The molecule has 0 spiro atoms. The van der Waals surface area contributed by atoms with Crippen LogP contribution in [0.25, 0.3) is 0 Å². The third-order valence-electron chi connectivity index (χ3n) is 2.63. The Hall–Kier alpha value is -2.89. The molecule has 0 saturated carbocycles. The number of hydrogen-bond donors (Lipinski definition) is 3. The number of carbonyl (C=O) groups is 2. The van der Waals surface area contributed by atoms with Gasteiger partial charge in [0, 0.05) is 16.9 Å². The Bertz CT molecular complexity index is 686. The van der Waals surface area contributed by atoms with Gasteiger partial charge in [-0.15, -0.1) is 0 Å². The van der Waals surface area contributed by atoms with Crippen LogP contribution in [0.5, 0.6) is 0 Å². The van der Waals surface area contributed by atoms with Crippen molar-refractivity contribution in [3.63, 3.8) is 0 Å². The highest BCUT2D eigenvalue weighted by Crippen LogP contribution is 2.16. The van der Waals surface area contributed by atoms with Crippen molar-refractivity contribution < 1.29 is 19.1 Å². The highest BCUT2D eigenvalue weighted by atomic mass is 19.1. The van der Waals surface area contributed by atoms with Crippen molar-refractivity contribution in [1.82, 2.24) is 0 Å². The maximum absolute atomic E-state index is 13.0. The van der Waals surface area contributed by atoms with Crippen LogP contribution in [0.2, 0.25) is 0 Å². The van der Waals surface area contributed by atoms with Crippen LogP contribution in [-0.2, 0) is 0 Å². The maximum Gasteiger partial charge on any atom is 0.337 e. The molecule has 2 rings (SSSR count). The van der Waals surface area contributed by atoms with Crippen LogP contribution in [-0.4, -0.2) is 17.0 Å². The lowest BCUT2D eigenvalue weighted by Gasteiger charge is -2.07. The van der Waals surface area contributed by atoms with Gasteiger partial charge in [-0.3, -0.25) is 4.79 Å². The van der Waals surface area contributed by atoms with Crippen molar-refractivity contribution in [2.75, 3.05) is 11.1 Å². The summed E-state index contributed by atoms with van der Waals surface area (Å²) >= 11 is 0. The number of carboxylic acids is 1. The van der Waals surface area contributed by atoms with E-state index in [-0.39, 0.29) is 16.8 Å². The van der Waals surface area contributed by atoms with Crippen LogP contribution < -0.4 is 11.1 Å². The fourth-order valence-electron chi connectivity index (χ4n) is 1.67. The number of amides is 1. The van der Waals surface area contributed by atoms with Gasteiger partial charge >= 0.3 is 5.97 Å². The number of aromatic carboxylic acids is 1. The summed E-state index contributed by atoms with van der Waals surface area (Å²) in [5.74, 6) is -2.14. The van der Waals surface area contributed by atoms with Crippen LogP contribution in [0.15, 0.2) is 42.5 Å². The van der Waals surface area contributed by atoms with Gasteiger partial charge in [-0.05, 0) is 36.4 Å². The number of carboxylic acid groups (broad SMARTS) is 1. The van der Waals surface area contributed by atoms with E-state index in [1.165, 1.54) is 42.5 Å². The van der Waals surface area contributed by atoms with Gasteiger partial charge in [-0.1, -0.05) is 6.07 Å². The predicted octanol–water partition coefficient (Wildman–Crippen LogP) is 2.36. The average Bonchev–Trinajstić information content (AvgIpc) is 2.38. The lowest BCUT2D eigenvalue weighted by atomic mass is 10.1. The Labute approximate surface area is 113 Å². The normalized spacial score (nSPS) is 10.1. The monoisotopic (exact) mass is 274 g/mol. The maximum atomic E-state index is 13.0. The molecule has 0 heterocycles. The molecule has 1 amide bonds. The minimum absolute atomic E-state index is 0.00982. The standard InChI is InChI=1S/C14H11FN2O3/c15-9-2-1-3-10(7-9)17-13(18)8-4-5-11(14(19)20)12(16)6-8/h1-7H,16H2,(H,17,18)(H,19,20). The Morgan fingerprint density at radius 3 is 2.50 bits per heavy atom. The summed E-state index contributed by atoms with van der Waals surface area (Å²) in [5, 5.41) is 11.3. The van der Waals surface area contributed by atoms with E-state index in [1.54, 1.807) is 0 Å².